The van der Waals surface area contributed by atoms with E-state index >= 15 is 0 Å². The molecule has 0 aliphatic rings. The molecule has 0 unspecified atom stereocenters. The Morgan fingerprint density at radius 3 is 2.82 bits per heavy atom. The lowest BCUT2D eigenvalue weighted by Gasteiger charge is -2.03. The molecular weight excluding hydrogens is 345 g/mol. The zero-order valence-electron chi connectivity index (χ0n) is 11.3. The molecule has 3 aromatic rings. The summed E-state index contributed by atoms with van der Waals surface area (Å²) >= 11 is 13.1. The van der Waals surface area contributed by atoms with Crippen LogP contribution in [0.15, 0.2) is 30.3 Å². The number of aromatic nitrogens is 2. The number of ether oxygens (including phenoxy) is 1. The second kappa shape index (κ2) is 6.08. The van der Waals surface area contributed by atoms with Gasteiger partial charge < -0.3 is 4.74 Å². The van der Waals surface area contributed by atoms with E-state index in [0.29, 0.717) is 16.4 Å². The van der Waals surface area contributed by atoms with Crippen molar-refractivity contribution in [1.82, 2.24) is 9.97 Å². The molecule has 3 rings (SSSR count). The van der Waals surface area contributed by atoms with Crippen molar-refractivity contribution in [1.29, 1.82) is 0 Å². The Morgan fingerprint density at radius 2 is 2.05 bits per heavy atom. The fourth-order valence-electron chi connectivity index (χ4n) is 1.88. The number of hydrogen-bond acceptors (Lipinski definition) is 5. The van der Waals surface area contributed by atoms with E-state index in [0.717, 1.165) is 4.70 Å². The predicted molar refractivity (Wildman–Crippen MR) is 88.4 cm³/mol. The largest absolute Gasteiger partial charge is 0.494 e. The normalized spacial score (nSPS) is 10.7. The van der Waals surface area contributed by atoms with Crippen LogP contribution in [-0.4, -0.2) is 23.0 Å². The third-order valence-electron chi connectivity index (χ3n) is 2.85. The van der Waals surface area contributed by atoms with E-state index in [-0.39, 0.29) is 15.9 Å². The summed E-state index contributed by atoms with van der Waals surface area (Å²) < 4.78 is 6.15. The predicted octanol–water partition coefficient (Wildman–Crippen LogP) is 4.26. The lowest BCUT2D eigenvalue weighted by molar-refractivity contribution is 0.102. The first kappa shape index (κ1) is 15.0. The van der Waals surface area contributed by atoms with Crippen LogP contribution in [0.3, 0.4) is 0 Å². The number of methoxy groups -OCH3 is 1. The first-order valence-corrected chi connectivity index (χ1v) is 7.72. The number of amides is 1. The van der Waals surface area contributed by atoms with Gasteiger partial charge in [0.15, 0.2) is 5.13 Å². The highest BCUT2D eigenvalue weighted by molar-refractivity contribution is 7.22. The second-order valence-electron chi connectivity index (χ2n) is 4.24. The Morgan fingerprint density at radius 1 is 1.23 bits per heavy atom. The van der Waals surface area contributed by atoms with E-state index in [2.05, 4.69) is 15.3 Å². The van der Waals surface area contributed by atoms with Gasteiger partial charge in [-0.25, -0.2) is 9.97 Å². The van der Waals surface area contributed by atoms with E-state index in [1.165, 1.54) is 23.5 Å². The van der Waals surface area contributed by atoms with E-state index in [1.54, 1.807) is 7.11 Å². The Labute approximate surface area is 139 Å². The average molecular weight is 354 g/mol. The van der Waals surface area contributed by atoms with Crippen molar-refractivity contribution in [3.8, 4) is 5.75 Å². The smallest absolute Gasteiger partial charge is 0.277 e. The van der Waals surface area contributed by atoms with Crippen LogP contribution in [0, 0.1) is 0 Å². The Balaban J connectivity index is 1.93. The van der Waals surface area contributed by atoms with E-state index in [9.17, 15) is 4.79 Å². The number of nitrogens with one attached hydrogen (secondary N) is 1. The van der Waals surface area contributed by atoms with Crippen molar-refractivity contribution in [3.63, 3.8) is 0 Å². The molecule has 0 aliphatic carbocycles. The lowest BCUT2D eigenvalue weighted by atomic mass is 10.3. The van der Waals surface area contributed by atoms with Gasteiger partial charge in [-0.05, 0) is 24.3 Å². The summed E-state index contributed by atoms with van der Waals surface area (Å²) in [7, 11) is 1.57. The number of pyridine rings is 1. The highest BCUT2D eigenvalue weighted by atomic mass is 35.5. The minimum atomic E-state index is -0.467. The van der Waals surface area contributed by atoms with Gasteiger partial charge in [0, 0.05) is 0 Å². The molecule has 0 saturated heterocycles. The van der Waals surface area contributed by atoms with Gasteiger partial charge in [-0.1, -0.05) is 40.6 Å². The summed E-state index contributed by atoms with van der Waals surface area (Å²) in [5.41, 5.74) is 0.746. The molecule has 0 saturated carbocycles. The maximum absolute atomic E-state index is 12.2. The van der Waals surface area contributed by atoms with Crippen molar-refractivity contribution >= 4 is 55.8 Å². The topological polar surface area (TPSA) is 64.1 Å². The van der Waals surface area contributed by atoms with E-state index in [1.807, 2.05) is 18.2 Å². The number of hydrogen-bond donors (Lipinski definition) is 1. The molecule has 0 fully saturated rings. The molecule has 2 aromatic heterocycles. The number of para-hydroxylation sites is 1. The first-order valence-electron chi connectivity index (χ1n) is 6.15. The molecule has 1 N–H and O–H groups in total. The molecule has 2 heterocycles. The number of benzene rings is 1. The van der Waals surface area contributed by atoms with Gasteiger partial charge in [0.05, 0.1) is 16.8 Å². The molecule has 22 heavy (non-hydrogen) atoms. The molecule has 0 atom stereocenters. The molecule has 0 radical (unpaired) electrons. The SMILES string of the molecule is COc1cccc2sc(NC(=O)c3nc(Cl)ccc3Cl)nc12. The number of halogens is 2. The van der Waals surface area contributed by atoms with Crippen LogP contribution in [0.4, 0.5) is 5.13 Å². The Kier molecular flexibility index (Phi) is 4.15. The fraction of sp³-hybridized carbons (Fsp3) is 0.0714. The number of fused-ring (bicyclic) bond motifs is 1. The third-order valence-corrected chi connectivity index (χ3v) is 4.30. The molecule has 1 amide bonds. The monoisotopic (exact) mass is 353 g/mol. The number of rotatable bonds is 3. The number of nitrogens with zero attached hydrogens (tertiary/aromatic N) is 2. The van der Waals surface area contributed by atoms with Gasteiger partial charge >= 0.3 is 0 Å². The van der Waals surface area contributed by atoms with Crippen LogP contribution < -0.4 is 10.1 Å². The number of carbonyl (C=O) groups excluding carboxylic acids is 1. The van der Waals surface area contributed by atoms with Gasteiger partial charge in [0.2, 0.25) is 0 Å². The highest BCUT2D eigenvalue weighted by Gasteiger charge is 2.16. The van der Waals surface area contributed by atoms with E-state index in [4.69, 9.17) is 27.9 Å². The third kappa shape index (κ3) is 2.85. The van der Waals surface area contributed by atoms with Crippen LogP contribution in [-0.2, 0) is 0 Å². The number of carbonyl (C=O) groups is 1. The lowest BCUT2D eigenvalue weighted by Crippen LogP contribution is -2.14. The summed E-state index contributed by atoms with van der Waals surface area (Å²) in [5.74, 6) is 0.179. The zero-order valence-corrected chi connectivity index (χ0v) is 13.6. The molecular formula is C14H9Cl2N3O2S. The quantitative estimate of drug-likeness (QED) is 0.714. The number of thiazole rings is 1. The standard InChI is InChI=1S/C14H9Cl2N3O2S/c1-21-8-3-2-4-9-12(8)18-14(22-9)19-13(20)11-7(15)5-6-10(16)17-11/h2-6H,1H3,(H,18,19,20). The van der Waals surface area contributed by atoms with Crippen molar-refractivity contribution in [2.75, 3.05) is 12.4 Å². The Hall–Kier alpha value is -1.89. The van der Waals surface area contributed by atoms with Gasteiger partial charge in [-0.15, -0.1) is 0 Å². The molecule has 1 aromatic carbocycles. The van der Waals surface area contributed by atoms with Crippen molar-refractivity contribution in [3.05, 3.63) is 46.2 Å². The average Bonchev–Trinajstić information content (AvgIpc) is 2.91. The molecule has 8 heteroatoms. The Bertz CT molecular complexity index is 866. The fourth-order valence-corrected chi connectivity index (χ4v) is 3.09. The van der Waals surface area contributed by atoms with Crippen LogP contribution in [0.2, 0.25) is 10.2 Å². The number of anilines is 1. The highest BCUT2D eigenvalue weighted by Crippen LogP contribution is 2.32. The van der Waals surface area contributed by atoms with Crippen LogP contribution in [0.1, 0.15) is 10.5 Å². The molecule has 0 spiro atoms. The maximum Gasteiger partial charge on any atom is 0.277 e. The molecule has 0 aliphatic heterocycles. The van der Waals surface area contributed by atoms with Crippen molar-refractivity contribution in [2.24, 2.45) is 0 Å². The second-order valence-corrected chi connectivity index (χ2v) is 6.07. The van der Waals surface area contributed by atoms with E-state index < -0.39 is 5.91 Å². The first-order chi connectivity index (χ1) is 10.6. The summed E-state index contributed by atoms with van der Waals surface area (Å²) in [6, 6.07) is 8.61. The van der Waals surface area contributed by atoms with Gasteiger partial charge in [0.1, 0.15) is 22.1 Å². The van der Waals surface area contributed by atoms with Crippen molar-refractivity contribution < 1.29 is 9.53 Å². The van der Waals surface area contributed by atoms with Gasteiger partial charge in [0.25, 0.3) is 5.91 Å². The summed E-state index contributed by atoms with van der Waals surface area (Å²) in [5, 5.41) is 3.52. The minimum Gasteiger partial charge on any atom is -0.494 e. The molecule has 112 valence electrons. The van der Waals surface area contributed by atoms with Crippen molar-refractivity contribution in [2.45, 2.75) is 0 Å². The zero-order chi connectivity index (χ0) is 15.7. The summed E-state index contributed by atoms with van der Waals surface area (Å²) in [4.78, 5) is 20.5. The van der Waals surface area contributed by atoms with Crippen LogP contribution in [0.5, 0.6) is 5.75 Å². The van der Waals surface area contributed by atoms with Gasteiger partial charge in [-0.3, -0.25) is 10.1 Å². The summed E-state index contributed by atoms with van der Waals surface area (Å²) in [6.07, 6.45) is 0. The van der Waals surface area contributed by atoms with Crippen LogP contribution >= 0.6 is 34.5 Å². The maximum atomic E-state index is 12.2. The van der Waals surface area contributed by atoms with Gasteiger partial charge in [-0.2, -0.15) is 0 Å². The minimum absolute atomic E-state index is 0.0559. The van der Waals surface area contributed by atoms with Crippen LogP contribution in [0.25, 0.3) is 10.2 Å². The molecule has 0 bridgehead atoms. The molecule has 5 nitrogen and oxygen atoms in total. The summed E-state index contributed by atoms with van der Waals surface area (Å²) in [6.45, 7) is 0.